The summed E-state index contributed by atoms with van der Waals surface area (Å²) < 4.78 is 5.99. The predicted molar refractivity (Wildman–Crippen MR) is 109 cm³/mol. The molecule has 1 aliphatic heterocycles. The van der Waals surface area contributed by atoms with Gasteiger partial charge in [0, 0.05) is 6.42 Å². The second-order valence-corrected chi connectivity index (χ2v) is 7.69. The lowest BCUT2D eigenvalue weighted by molar-refractivity contribution is -0.0910. The molecule has 0 spiro atoms. The molecule has 5 atom stereocenters. The Bertz CT molecular complexity index is 683. The first-order valence-electron chi connectivity index (χ1n) is 9.01. The Kier molecular flexibility index (Phi) is 8.60. The molecule has 0 aliphatic carbocycles. The molecule has 1 aliphatic rings. The third kappa shape index (κ3) is 5.70. The number of aliphatic hydroxyl groups is 4. The van der Waals surface area contributed by atoms with Gasteiger partial charge < -0.3 is 25.2 Å². The van der Waals surface area contributed by atoms with Crippen molar-refractivity contribution in [3.05, 3.63) is 65.8 Å². The summed E-state index contributed by atoms with van der Waals surface area (Å²) in [4.78, 5) is 0. The lowest BCUT2D eigenvalue weighted by Crippen LogP contribution is -2.55. The summed E-state index contributed by atoms with van der Waals surface area (Å²) in [5.74, 6) is 0.605. The highest BCUT2D eigenvalue weighted by molar-refractivity contribution is 8.00. The fraction of sp³-hybridized carbons (Fsp3) is 0.429. The van der Waals surface area contributed by atoms with Gasteiger partial charge in [-0.15, -0.1) is 11.8 Å². The number of allylic oxidation sites excluding steroid dienone is 6. The molecule has 5 nitrogen and oxygen atoms in total. The first-order valence-corrected chi connectivity index (χ1v) is 9.95. The average Bonchev–Trinajstić information content (AvgIpc) is 2.68. The van der Waals surface area contributed by atoms with E-state index >= 15 is 0 Å². The molecule has 148 valence electrons. The van der Waals surface area contributed by atoms with E-state index in [1.54, 1.807) is 0 Å². The molecule has 1 saturated heterocycles. The molecule has 2 rings (SSSR count). The van der Waals surface area contributed by atoms with Crippen molar-refractivity contribution >= 4 is 11.8 Å². The summed E-state index contributed by atoms with van der Waals surface area (Å²) in [5.41, 5.74) is 1.28. The van der Waals surface area contributed by atoms with Crippen molar-refractivity contribution in [2.45, 2.75) is 49.3 Å². The van der Waals surface area contributed by atoms with Gasteiger partial charge in [0.05, 0.1) is 18.0 Å². The maximum absolute atomic E-state index is 10.3. The van der Waals surface area contributed by atoms with Gasteiger partial charge in [-0.25, -0.2) is 0 Å². The molecule has 0 amide bonds. The van der Waals surface area contributed by atoms with Crippen molar-refractivity contribution < 1.29 is 25.2 Å². The highest BCUT2D eigenvalue weighted by atomic mass is 32.2. The molecule has 5 unspecified atom stereocenters. The smallest absolute Gasteiger partial charge is 0.173 e. The minimum Gasteiger partial charge on any atom is -0.477 e. The number of hydrogen-bond donors (Lipinski definition) is 4. The number of hydrogen-bond acceptors (Lipinski definition) is 6. The van der Waals surface area contributed by atoms with E-state index in [-0.39, 0.29) is 6.61 Å². The zero-order chi connectivity index (χ0) is 19.8. The Balaban J connectivity index is 2.17. The molecular formula is C21H28O5S. The van der Waals surface area contributed by atoms with E-state index in [2.05, 4.69) is 0 Å². The van der Waals surface area contributed by atoms with E-state index < -0.39 is 29.0 Å². The van der Waals surface area contributed by atoms with Gasteiger partial charge in [0.25, 0.3) is 0 Å². The number of aliphatic hydroxyl groups excluding tert-OH is 4. The van der Waals surface area contributed by atoms with Gasteiger partial charge in [0.15, 0.2) is 5.44 Å². The van der Waals surface area contributed by atoms with E-state index in [4.69, 9.17) is 4.74 Å². The Morgan fingerprint density at radius 1 is 1.07 bits per heavy atom. The molecule has 0 saturated carbocycles. The molecular weight excluding hydrogens is 364 g/mol. The van der Waals surface area contributed by atoms with Crippen LogP contribution in [0.5, 0.6) is 5.75 Å². The molecule has 4 N–H and O–H groups in total. The molecule has 6 heteroatoms. The molecule has 27 heavy (non-hydrogen) atoms. The van der Waals surface area contributed by atoms with Crippen LogP contribution in [0.3, 0.4) is 0 Å². The average molecular weight is 393 g/mol. The minimum absolute atomic E-state index is 0.310. The van der Waals surface area contributed by atoms with Crippen molar-refractivity contribution in [1.29, 1.82) is 0 Å². The van der Waals surface area contributed by atoms with Crippen molar-refractivity contribution in [3.63, 3.8) is 0 Å². The maximum atomic E-state index is 10.3. The monoisotopic (exact) mass is 392 g/mol. The summed E-state index contributed by atoms with van der Waals surface area (Å²) in [6.07, 6.45) is 6.80. The fourth-order valence-electron chi connectivity index (χ4n) is 2.82. The Labute approximate surface area is 164 Å². The van der Waals surface area contributed by atoms with Crippen molar-refractivity contribution in [3.8, 4) is 5.75 Å². The Hall–Kier alpha value is -1.57. The van der Waals surface area contributed by atoms with Gasteiger partial charge in [-0.1, -0.05) is 48.6 Å². The van der Waals surface area contributed by atoms with E-state index in [9.17, 15) is 20.4 Å². The molecule has 1 fully saturated rings. The maximum Gasteiger partial charge on any atom is 0.173 e. The van der Waals surface area contributed by atoms with Gasteiger partial charge >= 0.3 is 0 Å². The van der Waals surface area contributed by atoms with Crippen molar-refractivity contribution in [2.75, 3.05) is 6.61 Å². The first-order chi connectivity index (χ1) is 13.0. The quantitative estimate of drug-likeness (QED) is 0.532. The summed E-state index contributed by atoms with van der Waals surface area (Å²) in [5, 5.41) is 39.0. The standard InChI is InChI=1S/C21H28O5S/c1-3-5-6-9-14(4-2)12-15-10-7-8-11-16(15)26-21-20(25)19(24)18(23)17(13-22)27-21/h3-11,17-25H,12-13H2,1-2H3/b5-3-,9-6-,14-4+. The van der Waals surface area contributed by atoms with Crippen LogP contribution < -0.4 is 4.74 Å². The number of rotatable bonds is 7. The molecule has 1 aromatic rings. The Morgan fingerprint density at radius 3 is 2.48 bits per heavy atom. The largest absolute Gasteiger partial charge is 0.477 e. The zero-order valence-electron chi connectivity index (χ0n) is 15.6. The van der Waals surface area contributed by atoms with Crippen LogP contribution >= 0.6 is 11.8 Å². The molecule has 1 heterocycles. The third-order valence-electron chi connectivity index (χ3n) is 4.44. The van der Waals surface area contributed by atoms with Crippen LogP contribution in [-0.4, -0.2) is 56.0 Å². The number of ether oxygens (including phenoxy) is 1. The van der Waals surface area contributed by atoms with Crippen LogP contribution in [0.2, 0.25) is 0 Å². The van der Waals surface area contributed by atoms with Gasteiger partial charge in [-0.3, -0.25) is 0 Å². The highest BCUT2D eigenvalue weighted by Gasteiger charge is 2.44. The lowest BCUT2D eigenvalue weighted by atomic mass is 10.0. The number of para-hydroxylation sites is 1. The van der Waals surface area contributed by atoms with Gasteiger partial charge in [0.1, 0.15) is 18.0 Å². The molecule has 0 radical (unpaired) electrons. The topological polar surface area (TPSA) is 90.2 Å². The minimum atomic E-state index is -1.37. The molecule has 1 aromatic carbocycles. The number of thioether (sulfide) groups is 1. The van der Waals surface area contributed by atoms with Crippen LogP contribution in [0.4, 0.5) is 0 Å². The highest BCUT2D eigenvalue weighted by Crippen LogP contribution is 2.35. The number of benzene rings is 1. The van der Waals surface area contributed by atoms with Gasteiger partial charge in [-0.05, 0) is 31.1 Å². The van der Waals surface area contributed by atoms with E-state index in [0.29, 0.717) is 12.2 Å². The summed E-state index contributed by atoms with van der Waals surface area (Å²) >= 11 is 1.13. The van der Waals surface area contributed by atoms with Crippen molar-refractivity contribution in [1.82, 2.24) is 0 Å². The predicted octanol–water partition coefficient (Wildman–Crippen LogP) is 2.20. The lowest BCUT2D eigenvalue weighted by Gasteiger charge is -2.39. The van der Waals surface area contributed by atoms with Crippen LogP contribution in [-0.2, 0) is 6.42 Å². The normalized spacial score (nSPS) is 29.6. The summed E-state index contributed by atoms with van der Waals surface area (Å²) in [6.45, 7) is 3.62. The second kappa shape index (κ2) is 10.7. The van der Waals surface area contributed by atoms with Crippen LogP contribution in [0, 0.1) is 0 Å². The summed E-state index contributed by atoms with van der Waals surface area (Å²) in [7, 11) is 0. The second-order valence-electron chi connectivity index (χ2n) is 6.35. The molecule has 0 bridgehead atoms. The van der Waals surface area contributed by atoms with Gasteiger partial charge in [0.2, 0.25) is 0 Å². The zero-order valence-corrected chi connectivity index (χ0v) is 16.4. The van der Waals surface area contributed by atoms with Crippen molar-refractivity contribution in [2.24, 2.45) is 0 Å². The van der Waals surface area contributed by atoms with Crippen LogP contribution in [0.25, 0.3) is 0 Å². The van der Waals surface area contributed by atoms with Gasteiger partial charge in [-0.2, -0.15) is 0 Å². The first kappa shape index (κ1) is 21.7. The Morgan fingerprint density at radius 2 is 1.81 bits per heavy atom. The van der Waals surface area contributed by atoms with Crippen LogP contribution in [0.15, 0.2) is 60.2 Å². The van der Waals surface area contributed by atoms with E-state index in [0.717, 1.165) is 22.9 Å². The fourth-order valence-corrected chi connectivity index (χ4v) is 4.06. The third-order valence-corrected chi connectivity index (χ3v) is 5.86. The van der Waals surface area contributed by atoms with E-state index in [1.807, 2.05) is 68.5 Å². The van der Waals surface area contributed by atoms with Crippen LogP contribution in [0.1, 0.15) is 19.4 Å². The molecule has 0 aromatic heterocycles. The SMILES string of the molecule is C\C=C/C=C\C(=C/C)Cc1ccccc1OC1SC(CO)C(O)C(O)C1O. The summed E-state index contributed by atoms with van der Waals surface area (Å²) in [6, 6.07) is 7.54. The van der Waals surface area contributed by atoms with E-state index in [1.165, 1.54) is 0 Å².